The van der Waals surface area contributed by atoms with Crippen molar-refractivity contribution in [3.05, 3.63) is 33.8 Å². The maximum absolute atomic E-state index is 6.05. The third kappa shape index (κ3) is 3.37. The molecule has 0 bridgehead atoms. The fourth-order valence-corrected chi connectivity index (χ4v) is 3.02. The molecule has 0 amide bonds. The molecule has 2 atom stereocenters. The quantitative estimate of drug-likeness (QED) is 0.924. The molecule has 0 aromatic heterocycles. The van der Waals surface area contributed by atoms with Gasteiger partial charge < -0.3 is 10.5 Å². The Kier molecular flexibility index (Phi) is 5.39. The molecule has 1 aromatic carbocycles. The average molecular weight is 327 g/mol. The Labute approximate surface area is 124 Å². The van der Waals surface area contributed by atoms with E-state index in [1.165, 1.54) is 11.1 Å². The van der Waals surface area contributed by atoms with Gasteiger partial charge in [0.1, 0.15) is 0 Å². The van der Waals surface area contributed by atoms with Crippen LogP contribution in [0, 0.1) is 6.92 Å². The number of rotatable bonds is 4. The van der Waals surface area contributed by atoms with E-state index >= 15 is 0 Å². The second-order valence-corrected chi connectivity index (χ2v) is 5.99. The smallest absolute Gasteiger partial charge is 0.0622 e. The van der Waals surface area contributed by atoms with Crippen LogP contribution in [0.2, 0.25) is 0 Å². The Balaban J connectivity index is 2.24. The zero-order valence-electron chi connectivity index (χ0n) is 11.7. The Morgan fingerprint density at radius 1 is 1.53 bits per heavy atom. The topological polar surface area (TPSA) is 38.5 Å². The molecule has 19 heavy (non-hydrogen) atoms. The van der Waals surface area contributed by atoms with Crippen LogP contribution < -0.4 is 5.73 Å². The van der Waals surface area contributed by atoms with E-state index in [0.717, 1.165) is 30.7 Å². The van der Waals surface area contributed by atoms with Gasteiger partial charge in [-0.2, -0.15) is 0 Å². The van der Waals surface area contributed by atoms with E-state index in [0.29, 0.717) is 18.6 Å². The zero-order valence-corrected chi connectivity index (χ0v) is 13.3. The Morgan fingerprint density at radius 2 is 2.32 bits per heavy atom. The molecular weight excluding hydrogens is 304 g/mol. The first-order valence-corrected chi connectivity index (χ1v) is 7.76. The van der Waals surface area contributed by atoms with Crippen LogP contribution in [0.25, 0.3) is 0 Å². The maximum Gasteiger partial charge on any atom is 0.0622 e. The van der Waals surface area contributed by atoms with E-state index in [1.54, 1.807) is 0 Å². The fourth-order valence-electron chi connectivity index (χ4n) is 2.77. The van der Waals surface area contributed by atoms with Gasteiger partial charge in [-0.15, -0.1) is 0 Å². The lowest BCUT2D eigenvalue weighted by molar-refractivity contribution is -0.0291. The lowest BCUT2D eigenvalue weighted by Crippen LogP contribution is -2.48. The average Bonchev–Trinajstić information content (AvgIpc) is 2.44. The molecule has 2 N–H and O–H groups in total. The van der Waals surface area contributed by atoms with Gasteiger partial charge in [0.15, 0.2) is 0 Å². The monoisotopic (exact) mass is 326 g/mol. The van der Waals surface area contributed by atoms with E-state index in [-0.39, 0.29) is 0 Å². The van der Waals surface area contributed by atoms with Crippen LogP contribution in [-0.2, 0) is 4.74 Å². The maximum atomic E-state index is 6.05. The third-order valence-corrected chi connectivity index (χ3v) is 4.82. The molecule has 1 aromatic rings. The van der Waals surface area contributed by atoms with Crippen LogP contribution in [0.3, 0.4) is 0 Å². The molecule has 2 rings (SSSR count). The standard InChI is InChI=1S/C15H23BrN2O/c1-3-13-10-19-7-6-18(13)15(9-17)12-4-5-14(16)11(2)8-12/h4-5,8,13,15H,3,6-7,9-10,17H2,1-2H3. The zero-order chi connectivity index (χ0) is 13.8. The van der Waals surface area contributed by atoms with Crippen molar-refractivity contribution in [1.82, 2.24) is 4.90 Å². The van der Waals surface area contributed by atoms with E-state index in [2.05, 4.69) is 52.9 Å². The van der Waals surface area contributed by atoms with E-state index in [1.807, 2.05) is 0 Å². The molecule has 0 spiro atoms. The second-order valence-electron chi connectivity index (χ2n) is 5.13. The molecule has 0 radical (unpaired) electrons. The minimum Gasteiger partial charge on any atom is -0.378 e. The number of hydrogen-bond donors (Lipinski definition) is 1. The van der Waals surface area contributed by atoms with Gasteiger partial charge in [0, 0.05) is 29.6 Å². The summed E-state index contributed by atoms with van der Waals surface area (Å²) < 4.78 is 6.74. The van der Waals surface area contributed by atoms with Crippen molar-refractivity contribution in [3.8, 4) is 0 Å². The molecule has 1 aliphatic heterocycles. The van der Waals surface area contributed by atoms with Gasteiger partial charge in [-0.05, 0) is 30.5 Å². The number of ether oxygens (including phenoxy) is 1. The molecule has 2 unspecified atom stereocenters. The summed E-state index contributed by atoms with van der Waals surface area (Å²) in [5.41, 5.74) is 8.62. The Morgan fingerprint density at radius 3 is 2.95 bits per heavy atom. The van der Waals surface area contributed by atoms with Crippen LogP contribution in [0.5, 0.6) is 0 Å². The van der Waals surface area contributed by atoms with Gasteiger partial charge in [0.05, 0.1) is 13.2 Å². The van der Waals surface area contributed by atoms with Gasteiger partial charge >= 0.3 is 0 Å². The summed E-state index contributed by atoms with van der Waals surface area (Å²) in [4.78, 5) is 2.51. The summed E-state index contributed by atoms with van der Waals surface area (Å²) in [6.45, 7) is 7.59. The van der Waals surface area contributed by atoms with Crippen molar-refractivity contribution < 1.29 is 4.74 Å². The van der Waals surface area contributed by atoms with E-state index in [4.69, 9.17) is 10.5 Å². The van der Waals surface area contributed by atoms with Crippen molar-refractivity contribution in [1.29, 1.82) is 0 Å². The first kappa shape index (κ1) is 15.0. The predicted octanol–water partition coefficient (Wildman–Crippen LogP) is 2.87. The molecule has 3 nitrogen and oxygen atoms in total. The van der Waals surface area contributed by atoms with Gasteiger partial charge in [-0.3, -0.25) is 4.90 Å². The normalized spacial score (nSPS) is 22.4. The predicted molar refractivity (Wildman–Crippen MR) is 82.3 cm³/mol. The van der Waals surface area contributed by atoms with Crippen LogP contribution in [0.15, 0.2) is 22.7 Å². The number of morpholine rings is 1. The lowest BCUT2D eigenvalue weighted by atomic mass is 10.00. The summed E-state index contributed by atoms with van der Waals surface area (Å²) in [7, 11) is 0. The number of aryl methyl sites for hydroxylation is 1. The number of benzene rings is 1. The highest BCUT2D eigenvalue weighted by Gasteiger charge is 2.28. The number of hydrogen-bond acceptors (Lipinski definition) is 3. The van der Waals surface area contributed by atoms with Gasteiger partial charge in [-0.25, -0.2) is 0 Å². The van der Waals surface area contributed by atoms with Crippen LogP contribution >= 0.6 is 15.9 Å². The first-order valence-electron chi connectivity index (χ1n) is 6.97. The molecule has 1 aliphatic rings. The molecule has 4 heteroatoms. The molecule has 106 valence electrons. The minimum absolute atomic E-state index is 0.292. The van der Waals surface area contributed by atoms with Crippen molar-refractivity contribution in [2.24, 2.45) is 5.73 Å². The summed E-state index contributed by atoms with van der Waals surface area (Å²) in [5.74, 6) is 0. The summed E-state index contributed by atoms with van der Waals surface area (Å²) in [6.07, 6.45) is 1.10. The lowest BCUT2D eigenvalue weighted by Gasteiger charge is -2.40. The van der Waals surface area contributed by atoms with Crippen molar-refractivity contribution >= 4 is 15.9 Å². The number of nitrogens with two attached hydrogens (primary N) is 1. The van der Waals surface area contributed by atoms with Crippen LogP contribution in [-0.4, -0.2) is 37.2 Å². The largest absolute Gasteiger partial charge is 0.378 e. The molecule has 1 saturated heterocycles. The Hall–Kier alpha value is -0.420. The SMILES string of the molecule is CCC1COCCN1C(CN)c1ccc(Br)c(C)c1. The van der Waals surface area contributed by atoms with Gasteiger partial charge in [0.2, 0.25) is 0 Å². The summed E-state index contributed by atoms with van der Waals surface area (Å²) in [5, 5.41) is 0. The van der Waals surface area contributed by atoms with Gasteiger partial charge in [0.25, 0.3) is 0 Å². The fraction of sp³-hybridized carbons (Fsp3) is 0.600. The van der Waals surface area contributed by atoms with Gasteiger partial charge in [-0.1, -0.05) is 35.0 Å². The van der Waals surface area contributed by atoms with Crippen LogP contribution in [0.1, 0.15) is 30.5 Å². The molecule has 0 aliphatic carbocycles. The van der Waals surface area contributed by atoms with E-state index < -0.39 is 0 Å². The van der Waals surface area contributed by atoms with Crippen LogP contribution in [0.4, 0.5) is 0 Å². The molecule has 0 saturated carbocycles. The highest BCUT2D eigenvalue weighted by molar-refractivity contribution is 9.10. The second kappa shape index (κ2) is 6.84. The molecule has 1 fully saturated rings. The number of nitrogens with zero attached hydrogens (tertiary/aromatic N) is 1. The highest BCUT2D eigenvalue weighted by Crippen LogP contribution is 2.28. The van der Waals surface area contributed by atoms with Crippen molar-refractivity contribution in [2.75, 3.05) is 26.3 Å². The van der Waals surface area contributed by atoms with E-state index in [9.17, 15) is 0 Å². The summed E-state index contributed by atoms with van der Waals surface area (Å²) in [6, 6.07) is 7.31. The first-order chi connectivity index (χ1) is 9.17. The highest BCUT2D eigenvalue weighted by atomic mass is 79.9. The minimum atomic E-state index is 0.292. The third-order valence-electron chi connectivity index (χ3n) is 3.93. The summed E-state index contributed by atoms with van der Waals surface area (Å²) >= 11 is 3.56. The van der Waals surface area contributed by atoms with Crippen molar-refractivity contribution in [3.63, 3.8) is 0 Å². The molecule has 1 heterocycles. The Bertz CT molecular complexity index is 425. The number of halogens is 1. The van der Waals surface area contributed by atoms with Crippen molar-refractivity contribution in [2.45, 2.75) is 32.4 Å². The molecular formula is C15H23BrN2O.